The van der Waals surface area contributed by atoms with Crippen LogP contribution < -0.4 is 0 Å². The number of quaternary nitrogens is 1. The van der Waals surface area contributed by atoms with Gasteiger partial charge in [0, 0.05) is 6.61 Å². The lowest BCUT2D eigenvalue weighted by Gasteiger charge is -2.27. The van der Waals surface area contributed by atoms with Gasteiger partial charge in [-0.15, -0.1) is 0 Å². The molecule has 0 aliphatic heterocycles. The number of carbonyl (C=O) groups is 1. The number of aliphatic hydroxyl groups excluding tert-OH is 1. The molecular weight excluding hydrogens is 493 g/mol. The maximum absolute atomic E-state index is 12.5. The summed E-state index contributed by atoms with van der Waals surface area (Å²) in [6.07, 6.45) is 17.8. The molecule has 0 rings (SSSR count). The number of allylic oxidation sites excluding steroid dienone is 1. The van der Waals surface area contributed by atoms with Gasteiger partial charge in [-0.2, -0.15) is 0 Å². The van der Waals surface area contributed by atoms with Crippen molar-refractivity contribution in [2.24, 2.45) is 0 Å². The molecule has 0 saturated heterocycles. The normalized spacial score (nSPS) is 15.6. The lowest BCUT2D eigenvalue weighted by atomic mass is 10.0. The highest BCUT2D eigenvalue weighted by Crippen LogP contribution is 2.45. The molecule has 0 aromatic rings. The number of unbranched alkanes of at least 4 members (excludes halogenated alkanes) is 13. The van der Waals surface area contributed by atoms with E-state index < -0.39 is 32.4 Å². The Labute approximate surface area is 227 Å². The molecule has 0 heterocycles. The summed E-state index contributed by atoms with van der Waals surface area (Å²) in [5, 5.41) is 9.78. The number of hydrogen-bond acceptors (Lipinski definition) is 6. The lowest BCUT2D eigenvalue weighted by molar-refractivity contribution is -0.870. The van der Waals surface area contributed by atoms with Gasteiger partial charge < -0.3 is 19.2 Å². The van der Waals surface area contributed by atoms with Crippen molar-refractivity contribution < 1.29 is 37.6 Å². The van der Waals surface area contributed by atoms with Gasteiger partial charge >= 0.3 is 7.82 Å². The van der Waals surface area contributed by atoms with E-state index in [4.69, 9.17) is 13.8 Å². The summed E-state index contributed by atoms with van der Waals surface area (Å²) in [6.45, 7) is 4.11. The summed E-state index contributed by atoms with van der Waals surface area (Å²) in [7, 11) is 1.33. The van der Waals surface area contributed by atoms with Crippen LogP contribution in [0.4, 0.5) is 0 Å². The number of rotatable bonds is 26. The van der Waals surface area contributed by atoms with E-state index in [0.29, 0.717) is 17.6 Å². The molecule has 0 saturated carbocycles. The number of nitrogens with zero attached hydrogens (tertiary/aromatic N) is 1. The number of phosphoric acid groups is 1. The van der Waals surface area contributed by atoms with E-state index in [1.807, 2.05) is 21.1 Å². The second-order valence-corrected chi connectivity index (χ2v) is 12.3. The van der Waals surface area contributed by atoms with E-state index in [1.165, 1.54) is 76.7 Å². The molecular formula is C28H57NO7P+. The van der Waals surface area contributed by atoms with Crippen LogP contribution in [0.5, 0.6) is 0 Å². The maximum atomic E-state index is 12.5. The van der Waals surface area contributed by atoms with Gasteiger partial charge in [0.05, 0.1) is 27.7 Å². The van der Waals surface area contributed by atoms with Crippen molar-refractivity contribution in [1.82, 2.24) is 0 Å². The zero-order valence-corrected chi connectivity index (χ0v) is 25.3. The standard InChI is InChI=1S/C28H56NO7P/c1-6-8-9-10-11-12-13-14-15-16-17-18-19-20-23-34-28(26(31)21-7-2)27(25-30)36-37(32,33)35-24-22-29(3,4)5/h7,21,27-28,30H,6,8-20,22-25H2,1-5H3/p+1/t27-,28?/m0/s1. The third-order valence-corrected chi connectivity index (χ3v) is 7.26. The van der Waals surface area contributed by atoms with E-state index in [0.717, 1.165) is 19.3 Å². The summed E-state index contributed by atoms with van der Waals surface area (Å²) >= 11 is 0. The number of aliphatic hydroxyl groups is 1. The molecule has 2 unspecified atom stereocenters. The highest BCUT2D eigenvalue weighted by atomic mass is 31.2. The second-order valence-electron chi connectivity index (χ2n) is 10.9. The SMILES string of the molecule is CC=CC(=O)C(OCCCCCCCCCCCCCCCC)[C@H](CO)OP(=O)(O)OCC[N+](C)(C)C. The van der Waals surface area contributed by atoms with Crippen molar-refractivity contribution in [2.75, 3.05) is 47.5 Å². The van der Waals surface area contributed by atoms with Crippen molar-refractivity contribution in [3.8, 4) is 0 Å². The molecule has 0 aromatic heterocycles. The summed E-state index contributed by atoms with van der Waals surface area (Å²) in [5.74, 6) is -0.418. The molecule has 9 heteroatoms. The maximum Gasteiger partial charge on any atom is 0.472 e. The number of likely N-dealkylation sites (N-methyl/N-ethyl adjacent to an activating group) is 1. The zero-order valence-electron chi connectivity index (χ0n) is 24.4. The molecule has 220 valence electrons. The van der Waals surface area contributed by atoms with Gasteiger partial charge in [-0.1, -0.05) is 96.5 Å². The van der Waals surface area contributed by atoms with Crippen molar-refractivity contribution >= 4 is 13.6 Å². The van der Waals surface area contributed by atoms with Crippen molar-refractivity contribution in [3.05, 3.63) is 12.2 Å². The second kappa shape index (κ2) is 22.2. The van der Waals surface area contributed by atoms with E-state index in [1.54, 1.807) is 13.0 Å². The predicted molar refractivity (Wildman–Crippen MR) is 151 cm³/mol. The van der Waals surface area contributed by atoms with Crippen LogP contribution in [0.3, 0.4) is 0 Å². The molecule has 37 heavy (non-hydrogen) atoms. The average Bonchev–Trinajstić information content (AvgIpc) is 2.81. The van der Waals surface area contributed by atoms with Gasteiger partial charge in [-0.05, 0) is 19.4 Å². The number of ether oxygens (including phenoxy) is 1. The van der Waals surface area contributed by atoms with Crippen LogP contribution in [0.1, 0.15) is 104 Å². The number of ketones is 1. The van der Waals surface area contributed by atoms with Crippen LogP contribution in [-0.4, -0.2) is 80.0 Å². The highest BCUT2D eigenvalue weighted by molar-refractivity contribution is 7.47. The van der Waals surface area contributed by atoms with Crippen LogP contribution in [-0.2, 0) is 23.1 Å². The molecule has 3 atom stereocenters. The van der Waals surface area contributed by atoms with Gasteiger partial charge in [-0.3, -0.25) is 13.8 Å². The highest BCUT2D eigenvalue weighted by Gasteiger charge is 2.35. The van der Waals surface area contributed by atoms with Crippen molar-refractivity contribution in [1.29, 1.82) is 0 Å². The average molecular weight is 551 g/mol. The fourth-order valence-corrected chi connectivity index (χ4v) is 4.85. The summed E-state index contributed by atoms with van der Waals surface area (Å²) < 4.78 is 28.9. The Morgan fingerprint density at radius 3 is 1.78 bits per heavy atom. The Hall–Kier alpha value is -0.600. The molecule has 0 fully saturated rings. The third-order valence-electron chi connectivity index (χ3n) is 6.21. The van der Waals surface area contributed by atoms with E-state index in [9.17, 15) is 19.4 Å². The minimum Gasteiger partial charge on any atom is -0.394 e. The fraction of sp³-hybridized carbons (Fsp3) is 0.893. The summed E-state index contributed by atoms with van der Waals surface area (Å²) in [6, 6.07) is 0. The van der Waals surface area contributed by atoms with Gasteiger partial charge in [-0.25, -0.2) is 4.57 Å². The topological polar surface area (TPSA) is 102 Å². The van der Waals surface area contributed by atoms with E-state index in [-0.39, 0.29) is 6.61 Å². The summed E-state index contributed by atoms with van der Waals surface area (Å²) in [5.41, 5.74) is 0. The largest absolute Gasteiger partial charge is 0.472 e. The number of carbonyl (C=O) groups excluding carboxylic acids is 1. The van der Waals surface area contributed by atoms with Crippen LogP contribution in [0.15, 0.2) is 12.2 Å². The Morgan fingerprint density at radius 2 is 1.35 bits per heavy atom. The molecule has 0 bridgehead atoms. The smallest absolute Gasteiger partial charge is 0.394 e. The minimum atomic E-state index is -4.46. The number of hydrogen-bond donors (Lipinski definition) is 2. The number of phosphoric ester groups is 1. The molecule has 0 aliphatic carbocycles. The third kappa shape index (κ3) is 22.0. The van der Waals surface area contributed by atoms with Crippen molar-refractivity contribution in [3.63, 3.8) is 0 Å². The van der Waals surface area contributed by atoms with Gasteiger partial charge in [0.25, 0.3) is 0 Å². The molecule has 0 spiro atoms. The van der Waals surface area contributed by atoms with Crippen LogP contribution in [0.2, 0.25) is 0 Å². The van der Waals surface area contributed by atoms with E-state index >= 15 is 0 Å². The Morgan fingerprint density at radius 1 is 0.865 bits per heavy atom. The lowest BCUT2D eigenvalue weighted by Crippen LogP contribution is -2.40. The molecule has 0 aromatic carbocycles. The van der Waals surface area contributed by atoms with Crippen LogP contribution in [0, 0.1) is 0 Å². The molecule has 0 amide bonds. The summed E-state index contributed by atoms with van der Waals surface area (Å²) in [4.78, 5) is 22.6. The quantitative estimate of drug-likeness (QED) is 0.0572. The predicted octanol–water partition coefficient (Wildman–Crippen LogP) is 6.20. The molecule has 0 aliphatic rings. The molecule has 8 nitrogen and oxygen atoms in total. The first-order chi connectivity index (χ1) is 17.6. The van der Waals surface area contributed by atoms with Crippen molar-refractivity contribution in [2.45, 2.75) is 116 Å². The first-order valence-corrected chi connectivity index (χ1v) is 15.9. The van der Waals surface area contributed by atoms with Gasteiger partial charge in [0.1, 0.15) is 25.4 Å². The fourth-order valence-electron chi connectivity index (χ4n) is 3.95. The van der Waals surface area contributed by atoms with Crippen LogP contribution in [0.25, 0.3) is 0 Å². The molecule has 2 N–H and O–H groups in total. The minimum absolute atomic E-state index is 0.00278. The first-order valence-electron chi connectivity index (χ1n) is 14.4. The van der Waals surface area contributed by atoms with E-state index in [2.05, 4.69) is 6.92 Å². The first kappa shape index (κ1) is 36.4. The monoisotopic (exact) mass is 550 g/mol. The Kier molecular flexibility index (Phi) is 21.9. The Bertz CT molecular complexity index is 637. The molecule has 0 radical (unpaired) electrons. The van der Waals surface area contributed by atoms with Crippen LogP contribution >= 0.6 is 7.82 Å². The van der Waals surface area contributed by atoms with Gasteiger partial charge in [0.15, 0.2) is 5.78 Å². The zero-order chi connectivity index (χ0) is 28.0. The Balaban J connectivity index is 4.28. The van der Waals surface area contributed by atoms with Gasteiger partial charge in [0.2, 0.25) is 0 Å².